The highest BCUT2D eigenvalue weighted by molar-refractivity contribution is 7.16. The lowest BCUT2D eigenvalue weighted by atomic mass is 9.87. The van der Waals surface area contributed by atoms with E-state index in [2.05, 4.69) is 46.7 Å². The normalized spacial score (nSPS) is 11.7. The molecule has 5 N–H and O–H groups in total. The lowest BCUT2D eigenvalue weighted by Crippen LogP contribution is -2.36. The molecule has 0 aliphatic heterocycles. The Morgan fingerprint density at radius 2 is 1.76 bits per heavy atom. The number of fused-ring (bicyclic) bond motifs is 1. The van der Waals surface area contributed by atoms with Crippen molar-refractivity contribution in [3.63, 3.8) is 0 Å². The van der Waals surface area contributed by atoms with Crippen LogP contribution in [0.2, 0.25) is 0 Å². The Labute approximate surface area is 224 Å². The lowest BCUT2D eigenvalue weighted by Gasteiger charge is -2.25. The summed E-state index contributed by atoms with van der Waals surface area (Å²) in [5.74, 6) is -0.751. The maximum Gasteiger partial charge on any atom is 0.326 e. The number of amides is 3. The molecule has 194 valence electrons. The molecule has 0 bridgehead atoms. The highest BCUT2D eigenvalue weighted by atomic mass is 32.1. The van der Waals surface area contributed by atoms with Gasteiger partial charge in [-0.1, -0.05) is 50.1 Å². The summed E-state index contributed by atoms with van der Waals surface area (Å²) in [6, 6.07) is 20.1. The molecule has 0 spiro atoms. The molecule has 0 radical (unpaired) electrons. The Morgan fingerprint density at radius 1 is 1.05 bits per heavy atom. The van der Waals surface area contributed by atoms with Crippen LogP contribution in [0.4, 0.5) is 16.2 Å². The predicted molar refractivity (Wildman–Crippen MR) is 151 cm³/mol. The van der Waals surface area contributed by atoms with E-state index < -0.39 is 5.91 Å². The highest BCUT2D eigenvalue weighted by Gasteiger charge is 2.19. The number of nitrogens with zero attached hydrogens (tertiary/aromatic N) is 4. The number of benzene rings is 3. The Bertz CT molecular complexity index is 1490. The fourth-order valence-electron chi connectivity index (χ4n) is 3.76. The zero-order chi connectivity index (χ0) is 27.3. The van der Waals surface area contributed by atoms with Gasteiger partial charge in [0, 0.05) is 16.9 Å². The van der Waals surface area contributed by atoms with Crippen LogP contribution < -0.4 is 21.3 Å². The number of carbonyl (C=O) groups is 2. The summed E-state index contributed by atoms with van der Waals surface area (Å²) in [5.41, 5.74) is 18.6. The Hall–Kier alpha value is -4.64. The number of thiazole rings is 1. The molecule has 11 heteroatoms. The molecule has 4 aromatic rings. The van der Waals surface area contributed by atoms with Crippen LogP contribution in [0, 0.1) is 5.53 Å². The van der Waals surface area contributed by atoms with Crippen LogP contribution in [0.1, 0.15) is 42.3 Å². The van der Waals surface area contributed by atoms with Crippen LogP contribution in [0.5, 0.6) is 0 Å². The van der Waals surface area contributed by atoms with Crippen molar-refractivity contribution in [1.82, 2.24) is 10.3 Å². The molecule has 0 aliphatic rings. The number of rotatable bonds is 6. The van der Waals surface area contributed by atoms with Crippen molar-refractivity contribution in [2.24, 2.45) is 16.1 Å². The van der Waals surface area contributed by atoms with Gasteiger partial charge in [-0.2, -0.15) is 5.53 Å². The topological polar surface area (TPSA) is 149 Å². The Balaban J connectivity index is 1.58. The number of guanidine groups is 1. The number of anilines is 2. The zero-order valence-corrected chi connectivity index (χ0v) is 22.0. The molecule has 0 aliphatic carbocycles. The molecular weight excluding hydrogens is 500 g/mol. The van der Waals surface area contributed by atoms with E-state index in [1.165, 1.54) is 11.3 Å². The van der Waals surface area contributed by atoms with E-state index in [1.807, 2.05) is 42.5 Å². The summed E-state index contributed by atoms with van der Waals surface area (Å²) in [6.45, 7) is 6.69. The van der Waals surface area contributed by atoms with Crippen molar-refractivity contribution >= 4 is 50.8 Å². The molecule has 0 atom stereocenters. The van der Waals surface area contributed by atoms with E-state index in [0.29, 0.717) is 11.3 Å². The molecule has 0 unspecified atom stereocenters. The zero-order valence-electron chi connectivity index (χ0n) is 21.2. The van der Waals surface area contributed by atoms with Gasteiger partial charge in [0.05, 0.1) is 22.3 Å². The molecule has 1 aromatic heterocycles. The van der Waals surface area contributed by atoms with Crippen LogP contribution in [0.15, 0.2) is 82.6 Å². The van der Waals surface area contributed by atoms with E-state index in [4.69, 9.17) is 11.3 Å². The van der Waals surface area contributed by atoms with E-state index in [0.717, 1.165) is 27.0 Å². The van der Waals surface area contributed by atoms with Crippen molar-refractivity contribution in [3.05, 3.63) is 88.9 Å². The summed E-state index contributed by atoms with van der Waals surface area (Å²) in [4.78, 5) is 31.8. The summed E-state index contributed by atoms with van der Waals surface area (Å²) < 4.78 is 0.986. The fraction of sp³-hybridized carbons (Fsp3) is 0.185. The van der Waals surface area contributed by atoms with Gasteiger partial charge in [-0.25, -0.2) is 9.78 Å². The third kappa shape index (κ3) is 6.37. The molecule has 1 heterocycles. The van der Waals surface area contributed by atoms with E-state index in [-0.39, 0.29) is 24.0 Å². The number of nitrogens with two attached hydrogens (primary N) is 1. The van der Waals surface area contributed by atoms with Crippen molar-refractivity contribution < 1.29 is 9.59 Å². The van der Waals surface area contributed by atoms with E-state index >= 15 is 0 Å². The summed E-state index contributed by atoms with van der Waals surface area (Å²) in [7, 11) is 0. The van der Waals surface area contributed by atoms with Gasteiger partial charge in [-0.15, -0.1) is 11.3 Å². The summed E-state index contributed by atoms with van der Waals surface area (Å²) >= 11 is 1.51. The molecule has 0 fully saturated rings. The van der Waals surface area contributed by atoms with E-state index in [9.17, 15) is 9.59 Å². The van der Waals surface area contributed by atoms with Crippen molar-refractivity contribution in [2.75, 3.05) is 10.2 Å². The van der Waals surface area contributed by atoms with Crippen LogP contribution in [-0.4, -0.2) is 22.9 Å². The maximum atomic E-state index is 13.5. The third-order valence-corrected chi connectivity index (χ3v) is 6.62. The SMILES string of the molecule is CC(C)(C)c1ccc(N(Cc2ccc(C(=O)NC(N)=NN=N)cc2)C(=O)Nc2ccc3ncsc3c2)cc1. The van der Waals surface area contributed by atoms with Gasteiger partial charge in [-0.3, -0.25) is 15.0 Å². The van der Waals surface area contributed by atoms with Crippen LogP contribution in [-0.2, 0) is 12.0 Å². The first-order valence-corrected chi connectivity index (χ1v) is 12.6. The predicted octanol–water partition coefficient (Wildman–Crippen LogP) is 5.82. The summed E-state index contributed by atoms with van der Waals surface area (Å²) in [5, 5.41) is 11.4. The first-order chi connectivity index (χ1) is 18.1. The van der Waals surface area contributed by atoms with Gasteiger partial charge in [0.25, 0.3) is 5.91 Å². The molecule has 10 nitrogen and oxygen atoms in total. The average Bonchev–Trinajstić information content (AvgIpc) is 3.35. The second kappa shape index (κ2) is 11.2. The fourth-order valence-corrected chi connectivity index (χ4v) is 4.47. The quantitative estimate of drug-likeness (QED) is 0.108. The molecule has 0 saturated carbocycles. The van der Waals surface area contributed by atoms with Gasteiger partial charge in [-0.05, 0) is 64.2 Å². The van der Waals surface area contributed by atoms with Crippen LogP contribution in [0.3, 0.4) is 0 Å². The number of aromatic nitrogens is 1. The van der Waals surface area contributed by atoms with Crippen molar-refractivity contribution in [2.45, 2.75) is 32.7 Å². The van der Waals surface area contributed by atoms with Crippen molar-refractivity contribution in [3.8, 4) is 0 Å². The number of carbonyl (C=O) groups excluding carboxylic acids is 2. The standard InChI is InChI=1S/C27H28N8O2S/c1-27(2,3)19-8-11-21(12-9-19)35(26(37)31-20-10-13-22-23(14-20)38-16-30-22)15-17-4-6-18(7-5-17)24(36)32-25(28)33-34-29/h4-14,16H,15H2,1-3H3,(H,31,37)(H4,28,29,32,33,36). The van der Waals surface area contributed by atoms with Gasteiger partial charge in [0.15, 0.2) is 0 Å². The average molecular weight is 529 g/mol. The largest absolute Gasteiger partial charge is 0.368 e. The number of hydrogen-bond donors (Lipinski definition) is 4. The molecule has 0 saturated heterocycles. The minimum atomic E-state index is -0.479. The number of hydrogen-bond acceptors (Lipinski definition) is 6. The van der Waals surface area contributed by atoms with Gasteiger partial charge in [0.1, 0.15) is 0 Å². The van der Waals surface area contributed by atoms with Gasteiger partial charge < -0.3 is 11.1 Å². The minimum absolute atomic E-state index is 0.0188. The van der Waals surface area contributed by atoms with E-state index in [1.54, 1.807) is 34.7 Å². The molecule has 4 rings (SSSR count). The van der Waals surface area contributed by atoms with Crippen LogP contribution >= 0.6 is 11.3 Å². The third-order valence-electron chi connectivity index (χ3n) is 5.83. The molecule has 3 aromatic carbocycles. The molecular formula is C27H28N8O2S. The number of nitrogens with one attached hydrogen (secondary N) is 3. The van der Waals surface area contributed by atoms with Crippen molar-refractivity contribution in [1.29, 1.82) is 5.53 Å². The highest BCUT2D eigenvalue weighted by Crippen LogP contribution is 2.27. The van der Waals surface area contributed by atoms with Gasteiger partial charge in [0.2, 0.25) is 5.96 Å². The number of urea groups is 1. The maximum absolute atomic E-state index is 13.5. The molecule has 38 heavy (non-hydrogen) atoms. The van der Waals surface area contributed by atoms with Gasteiger partial charge >= 0.3 is 6.03 Å². The summed E-state index contributed by atoms with van der Waals surface area (Å²) in [6.07, 6.45) is 0. The monoisotopic (exact) mass is 528 g/mol. The lowest BCUT2D eigenvalue weighted by molar-refractivity contribution is 0.0976. The molecule has 3 amide bonds. The first kappa shape index (κ1) is 26.4. The second-order valence-electron chi connectivity index (χ2n) is 9.58. The minimum Gasteiger partial charge on any atom is -0.368 e. The smallest absolute Gasteiger partial charge is 0.326 e. The Morgan fingerprint density at radius 3 is 2.42 bits per heavy atom. The second-order valence-corrected chi connectivity index (χ2v) is 10.5. The van der Waals surface area contributed by atoms with Crippen LogP contribution in [0.25, 0.3) is 10.2 Å². The first-order valence-electron chi connectivity index (χ1n) is 11.8. The Kier molecular flexibility index (Phi) is 7.77.